The summed E-state index contributed by atoms with van der Waals surface area (Å²) in [6.07, 6.45) is 9.41. The minimum absolute atomic E-state index is 0.107. The number of hydrogen-bond donors (Lipinski definition) is 2. The molecule has 1 spiro atoms. The molecule has 3 rings (SSSR count). The van der Waals surface area contributed by atoms with Crippen molar-refractivity contribution < 1.29 is 4.79 Å². The van der Waals surface area contributed by atoms with Crippen molar-refractivity contribution in [1.82, 2.24) is 20.4 Å². The lowest BCUT2D eigenvalue weighted by Crippen LogP contribution is -2.53. The third-order valence-electron chi connectivity index (χ3n) is 6.75. The van der Waals surface area contributed by atoms with E-state index in [9.17, 15) is 4.79 Å². The summed E-state index contributed by atoms with van der Waals surface area (Å²) in [4.78, 5) is 21.7. The van der Waals surface area contributed by atoms with Crippen LogP contribution in [0.15, 0.2) is 4.99 Å². The van der Waals surface area contributed by atoms with E-state index in [4.69, 9.17) is 4.99 Å². The first-order chi connectivity index (χ1) is 12.5. The highest BCUT2D eigenvalue weighted by Gasteiger charge is 2.42. The van der Waals surface area contributed by atoms with Crippen LogP contribution in [0.25, 0.3) is 0 Å². The predicted octanol–water partition coefficient (Wildman–Crippen LogP) is 1.82. The average Bonchev–Trinajstić information content (AvgIpc) is 2.99. The summed E-state index contributed by atoms with van der Waals surface area (Å²) in [6.45, 7) is 6.68. The van der Waals surface area contributed by atoms with Crippen LogP contribution >= 0.6 is 0 Å². The molecule has 2 N–H and O–H groups in total. The molecule has 1 amide bonds. The van der Waals surface area contributed by atoms with Crippen molar-refractivity contribution in [3.05, 3.63) is 0 Å². The van der Waals surface area contributed by atoms with Crippen molar-refractivity contribution in [1.29, 1.82) is 0 Å². The molecule has 1 aliphatic carbocycles. The smallest absolute Gasteiger partial charge is 0.220 e. The topological polar surface area (TPSA) is 60.0 Å². The maximum absolute atomic E-state index is 11.8. The molecule has 0 aromatic carbocycles. The van der Waals surface area contributed by atoms with E-state index in [2.05, 4.69) is 41.5 Å². The molecule has 2 heterocycles. The third kappa shape index (κ3) is 4.16. The van der Waals surface area contributed by atoms with E-state index in [1.807, 2.05) is 0 Å². The van der Waals surface area contributed by atoms with Gasteiger partial charge in [-0.05, 0) is 46.7 Å². The zero-order chi connectivity index (χ0) is 18.6. The standard InChI is InChI=1S/C20H37N5O/c1-4-21-18(23-15-20(24(2)3)10-6-5-7-11-20)25-12-8-9-19(16-25)13-17(26)22-14-19/h4-16H2,1-3H3,(H,21,23)(H,22,26). The van der Waals surface area contributed by atoms with Gasteiger partial charge in [-0.1, -0.05) is 19.3 Å². The second-order valence-corrected chi connectivity index (χ2v) is 8.83. The summed E-state index contributed by atoms with van der Waals surface area (Å²) in [5.41, 5.74) is 0.312. The number of aliphatic imine (C=N–C) groups is 1. The van der Waals surface area contributed by atoms with Crippen molar-refractivity contribution in [2.75, 3.05) is 46.8 Å². The van der Waals surface area contributed by atoms with Gasteiger partial charge in [0.1, 0.15) is 0 Å². The summed E-state index contributed by atoms with van der Waals surface area (Å²) < 4.78 is 0. The van der Waals surface area contributed by atoms with Crippen molar-refractivity contribution in [3.63, 3.8) is 0 Å². The molecule has 0 radical (unpaired) electrons. The van der Waals surface area contributed by atoms with Crippen LogP contribution in [0.5, 0.6) is 0 Å². The van der Waals surface area contributed by atoms with Crippen LogP contribution in [0.1, 0.15) is 58.3 Å². The largest absolute Gasteiger partial charge is 0.357 e. The molecule has 26 heavy (non-hydrogen) atoms. The molecule has 0 bridgehead atoms. The molecule has 148 valence electrons. The van der Waals surface area contributed by atoms with E-state index in [0.29, 0.717) is 6.42 Å². The Kier molecular flexibility index (Phi) is 6.10. The highest BCUT2D eigenvalue weighted by atomic mass is 16.1. The Labute approximate surface area is 158 Å². The van der Waals surface area contributed by atoms with Crippen LogP contribution in [0.4, 0.5) is 0 Å². The number of carbonyl (C=O) groups is 1. The van der Waals surface area contributed by atoms with Crippen molar-refractivity contribution in [3.8, 4) is 0 Å². The van der Waals surface area contributed by atoms with Crippen LogP contribution in [-0.2, 0) is 4.79 Å². The third-order valence-corrected chi connectivity index (χ3v) is 6.75. The van der Waals surface area contributed by atoms with Gasteiger partial charge in [0.2, 0.25) is 5.91 Å². The molecular formula is C20H37N5O. The number of carbonyl (C=O) groups excluding carboxylic acids is 1. The Morgan fingerprint density at radius 3 is 2.62 bits per heavy atom. The number of rotatable bonds is 4. The summed E-state index contributed by atoms with van der Waals surface area (Å²) in [6, 6.07) is 0. The van der Waals surface area contributed by atoms with Gasteiger partial charge in [0, 0.05) is 43.6 Å². The second kappa shape index (κ2) is 8.15. The Morgan fingerprint density at radius 1 is 1.23 bits per heavy atom. The molecule has 3 fully saturated rings. The first-order valence-corrected chi connectivity index (χ1v) is 10.5. The number of guanidine groups is 1. The molecule has 1 atom stereocenters. The molecule has 3 aliphatic rings. The van der Waals surface area contributed by atoms with Gasteiger partial charge in [-0.25, -0.2) is 0 Å². The second-order valence-electron chi connectivity index (χ2n) is 8.83. The normalized spacial score (nSPS) is 29.3. The SMILES string of the molecule is CCNC(=NCC1(N(C)C)CCCCC1)N1CCCC2(CNC(=O)C2)C1. The minimum Gasteiger partial charge on any atom is -0.357 e. The van der Waals surface area contributed by atoms with E-state index in [1.54, 1.807) is 0 Å². The lowest BCUT2D eigenvalue weighted by molar-refractivity contribution is -0.119. The van der Waals surface area contributed by atoms with Gasteiger partial charge in [0.15, 0.2) is 5.96 Å². The van der Waals surface area contributed by atoms with Gasteiger partial charge in [0.05, 0.1) is 6.54 Å². The monoisotopic (exact) mass is 363 g/mol. The van der Waals surface area contributed by atoms with Crippen LogP contribution in [0.3, 0.4) is 0 Å². The van der Waals surface area contributed by atoms with Crippen molar-refractivity contribution in [2.45, 2.75) is 63.8 Å². The zero-order valence-corrected chi connectivity index (χ0v) is 16.9. The maximum atomic E-state index is 11.8. The van der Waals surface area contributed by atoms with Gasteiger partial charge in [-0.3, -0.25) is 9.79 Å². The van der Waals surface area contributed by atoms with Crippen LogP contribution in [-0.4, -0.2) is 74.0 Å². The van der Waals surface area contributed by atoms with E-state index >= 15 is 0 Å². The summed E-state index contributed by atoms with van der Waals surface area (Å²) in [5.74, 6) is 1.25. The van der Waals surface area contributed by atoms with E-state index < -0.39 is 0 Å². The number of hydrogen-bond acceptors (Lipinski definition) is 3. The first kappa shape index (κ1) is 19.5. The zero-order valence-electron chi connectivity index (χ0n) is 16.9. The number of piperidine rings is 1. The van der Waals surface area contributed by atoms with Gasteiger partial charge >= 0.3 is 0 Å². The first-order valence-electron chi connectivity index (χ1n) is 10.5. The van der Waals surface area contributed by atoms with Crippen molar-refractivity contribution >= 4 is 11.9 Å². The fourth-order valence-corrected chi connectivity index (χ4v) is 5.03. The summed E-state index contributed by atoms with van der Waals surface area (Å²) >= 11 is 0. The quantitative estimate of drug-likeness (QED) is 0.591. The number of nitrogens with one attached hydrogen (secondary N) is 2. The molecular weight excluding hydrogens is 326 g/mol. The van der Waals surface area contributed by atoms with Crippen molar-refractivity contribution in [2.24, 2.45) is 10.4 Å². The number of nitrogens with zero attached hydrogens (tertiary/aromatic N) is 3. The molecule has 2 aliphatic heterocycles. The summed E-state index contributed by atoms with van der Waals surface area (Å²) in [5, 5.41) is 6.56. The Balaban J connectivity index is 1.73. The van der Waals surface area contributed by atoms with Crippen LogP contribution in [0.2, 0.25) is 0 Å². The maximum Gasteiger partial charge on any atom is 0.220 e. The Morgan fingerprint density at radius 2 is 2.00 bits per heavy atom. The van der Waals surface area contributed by atoms with E-state index in [1.165, 1.54) is 32.1 Å². The van der Waals surface area contributed by atoms with Crippen LogP contribution < -0.4 is 10.6 Å². The lowest BCUT2D eigenvalue weighted by Gasteiger charge is -2.43. The number of likely N-dealkylation sites (tertiary alicyclic amines) is 1. The molecule has 1 saturated carbocycles. The Hall–Kier alpha value is -1.30. The fraction of sp³-hybridized carbons (Fsp3) is 0.900. The number of likely N-dealkylation sites (N-methyl/N-ethyl adjacent to an activating group) is 1. The molecule has 6 heteroatoms. The summed E-state index contributed by atoms with van der Waals surface area (Å²) in [7, 11) is 4.42. The van der Waals surface area contributed by atoms with E-state index in [0.717, 1.165) is 51.5 Å². The average molecular weight is 364 g/mol. The fourth-order valence-electron chi connectivity index (χ4n) is 5.03. The van der Waals surface area contributed by atoms with Gasteiger partial charge < -0.3 is 20.4 Å². The Bertz CT molecular complexity index is 526. The minimum atomic E-state index is 0.107. The van der Waals surface area contributed by atoms with Gasteiger partial charge in [0.25, 0.3) is 0 Å². The number of amides is 1. The van der Waals surface area contributed by atoms with Gasteiger partial charge in [-0.15, -0.1) is 0 Å². The lowest BCUT2D eigenvalue weighted by atomic mass is 9.79. The molecule has 6 nitrogen and oxygen atoms in total. The van der Waals surface area contributed by atoms with Crippen LogP contribution in [0, 0.1) is 5.41 Å². The molecule has 2 saturated heterocycles. The van der Waals surface area contributed by atoms with Gasteiger partial charge in [-0.2, -0.15) is 0 Å². The highest BCUT2D eigenvalue weighted by Crippen LogP contribution is 2.36. The molecule has 0 aromatic heterocycles. The predicted molar refractivity (Wildman–Crippen MR) is 106 cm³/mol. The molecule has 1 unspecified atom stereocenters. The highest BCUT2D eigenvalue weighted by molar-refractivity contribution is 5.81. The van der Waals surface area contributed by atoms with E-state index in [-0.39, 0.29) is 16.9 Å². The molecule has 0 aromatic rings.